The smallest absolute Gasteiger partial charge is 0.411 e. The van der Waals surface area contributed by atoms with Crippen LogP contribution < -0.4 is 10.6 Å². The molecule has 9 nitrogen and oxygen atoms in total. The summed E-state index contributed by atoms with van der Waals surface area (Å²) in [5.74, 6) is -3.63. The average molecular weight is 576 g/mol. The second-order valence-corrected chi connectivity index (χ2v) is 11.6. The lowest BCUT2D eigenvalue weighted by Gasteiger charge is -2.33. The zero-order valence-corrected chi connectivity index (χ0v) is 22.6. The van der Waals surface area contributed by atoms with Gasteiger partial charge in [0.25, 0.3) is 0 Å². The zero-order chi connectivity index (χ0) is 29.3. The van der Waals surface area contributed by atoms with Crippen LogP contribution in [0.4, 0.5) is 26.7 Å². The molecule has 0 aliphatic heterocycles. The van der Waals surface area contributed by atoms with Crippen LogP contribution in [-0.4, -0.2) is 57.5 Å². The lowest BCUT2D eigenvalue weighted by atomic mass is 9.81. The van der Waals surface area contributed by atoms with Gasteiger partial charge in [0.1, 0.15) is 18.8 Å². The van der Waals surface area contributed by atoms with Crippen LogP contribution in [-0.2, 0) is 14.3 Å². The fraction of sp³-hybridized carbons (Fsp3) is 0.692. The largest absolute Gasteiger partial charge is 0.444 e. The van der Waals surface area contributed by atoms with Gasteiger partial charge >= 0.3 is 12.3 Å². The molecule has 2 amide bonds. The minimum Gasteiger partial charge on any atom is -0.444 e. The van der Waals surface area contributed by atoms with E-state index in [2.05, 4.69) is 25.5 Å². The number of fused-ring (bicyclic) bond motifs is 1. The molecule has 40 heavy (non-hydrogen) atoms. The molecule has 0 spiro atoms. The Morgan fingerprint density at radius 3 is 2.33 bits per heavy atom. The number of nitrogens with one attached hydrogen (secondary N) is 2. The standard InChI is InChI=1S/C26H34F5N5O4/c1-24(2,3)40-23(38)35-22(16-6-8-25(27,28)9-7-16)18-12-36-19(33-18)10-17(11-32-36)21(15-4-5-15)34-20(37)13-39-14-26(29,30)31/h10-12,15-16,21-22H,4-9,13-14H2,1-3H3,(H,34,37)(H,35,38)/t21?,22-/m0/s1. The highest BCUT2D eigenvalue weighted by Gasteiger charge is 2.40. The van der Waals surface area contributed by atoms with Gasteiger partial charge in [-0.1, -0.05) is 0 Å². The SMILES string of the molecule is CC(C)(C)OC(=O)N[C@H](c1cn2ncc(C(NC(=O)COCC(F)(F)F)C3CC3)cc2n1)C1CCC(F)(F)CC1. The Kier molecular flexibility index (Phi) is 8.57. The molecule has 2 saturated carbocycles. The third-order valence-electron chi connectivity index (χ3n) is 6.85. The Labute approximate surface area is 228 Å². The van der Waals surface area contributed by atoms with Crippen molar-refractivity contribution in [2.45, 2.75) is 89.1 Å². The van der Waals surface area contributed by atoms with E-state index in [0.717, 1.165) is 12.8 Å². The molecule has 0 bridgehead atoms. The second-order valence-electron chi connectivity index (χ2n) is 11.6. The number of nitrogens with zero attached hydrogens (tertiary/aromatic N) is 3. The fourth-order valence-electron chi connectivity index (χ4n) is 4.87. The molecule has 1 unspecified atom stereocenters. The van der Waals surface area contributed by atoms with Crippen molar-refractivity contribution in [1.82, 2.24) is 25.2 Å². The van der Waals surface area contributed by atoms with E-state index >= 15 is 0 Å². The third-order valence-corrected chi connectivity index (χ3v) is 6.85. The molecule has 2 aromatic rings. The highest BCUT2D eigenvalue weighted by molar-refractivity contribution is 5.77. The van der Waals surface area contributed by atoms with Crippen molar-refractivity contribution in [3.63, 3.8) is 0 Å². The first-order chi connectivity index (χ1) is 18.6. The van der Waals surface area contributed by atoms with E-state index in [1.807, 2.05) is 0 Å². The number of ether oxygens (including phenoxy) is 2. The van der Waals surface area contributed by atoms with Crippen molar-refractivity contribution in [3.8, 4) is 0 Å². The molecule has 222 valence electrons. The van der Waals surface area contributed by atoms with E-state index in [-0.39, 0.29) is 37.5 Å². The van der Waals surface area contributed by atoms with Crippen molar-refractivity contribution in [1.29, 1.82) is 0 Å². The molecular formula is C26H34F5N5O4. The van der Waals surface area contributed by atoms with Crippen LogP contribution in [0.25, 0.3) is 5.65 Å². The number of alkyl carbamates (subject to hydrolysis) is 1. The summed E-state index contributed by atoms with van der Waals surface area (Å²) in [5.41, 5.74) is 0.685. The highest BCUT2D eigenvalue weighted by Crippen LogP contribution is 2.42. The number of halogens is 5. The Bertz CT molecular complexity index is 1200. The van der Waals surface area contributed by atoms with Crippen molar-refractivity contribution in [3.05, 3.63) is 29.7 Å². The summed E-state index contributed by atoms with van der Waals surface area (Å²) in [6.45, 7) is 2.91. The van der Waals surface area contributed by atoms with Crippen LogP contribution in [0.3, 0.4) is 0 Å². The van der Waals surface area contributed by atoms with Crippen LogP contribution >= 0.6 is 0 Å². The molecule has 2 heterocycles. The minimum absolute atomic E-state index is 0.0933. The van der Waals surface area contributed by atoms with Gasteiger partial charge in [0, 0.05) is 12.8 Å². The maximum absolute atomic E-state index is 13.9. The summed E-state index contributed by atoms with van der Waals surface area (Å²) < 4.78 is 76.1. The second kappa shape index (κ2) is 11.5. The molecule has 2 aromatic heterocycles. The normalized spacial score (nSPS) is 19.7. The summed E-state index contributed by atoms with van der Waals surface area (Å²) in [4.78, 5) is 29.5. The summed E-state index contributed by atoms with van der Waals surface area (Å²) in [5, 5.41) is 9.92. The molecular weight excluding hydrogens is 541 g/mol. The van der Waals surface area contributed by atoms with Gasteiger partial charge in [-0.2, -0.15) is 18.3 Å². The molecule has 14 heteroatoms. The van der Waals surface area contributed by atoms with Crippen LogP contribution in [0.1, 0.15) is 82.6 Å². The molecule has 2 aliphatic rings. The first-order valence-corrected chi connectivity index (χ1v) is 13.2. The van der Waals surface area contributed by atoms with Gasteiger partial charge in [0.2, 0.25) is 11.8 Å². The quantitative estimate of drug-likeness (QED) is 0.395. The number of aromatic nitrogens is 3. The Morgan fingerprint density at radius 2 is 1.73 bits per heavy atom. The van der Waals surface area contributed by atoms with Gasteiger partial charge < -0.3 is 20.1 Å². The third kappa shape index (κ3) is 8.48. The highest BCUT2D eigenvalue weighted by atomic mass is 19.4. The zero-order valence-electron chi connectivity index (χ0n) is 22.6. The number of rotatable bonds is 9. The van der Waals surface area contributed by atoms with Crippen molar-refractivity contribution in [2.24, 2.45) is 11.8 Å². The van der Waals surface area contributed by atoms with Gasteiger partial charge in [-0.3, -0.25) is 4.79 Å². The summed E-state index contributed by atoms with van der Waals surface area (Å²) in [6, 6.07) is 0.521. The first kappa shape index (κ1) is 29.9. The van der Waals surface area contributed by atoms with Gasteiger partial charge in [-0.25, -0.2) is 23.1 Å². The predicted molar refractivity (Wildman–Crippen MR) is 132 cm³/mol. The van der Waals surface area contributed by atoms with Crippen molar-refractivity contribution >= 4 is 17.6 Å². The van der Waals surface area contributed by atoms with E-state index < -0.39 is 55.0 Å². The van der Waals surface area contributed by atoms with E-state index in [0.29, 0.717) is 16.9 Å². The molecule has 2 N–H and O–H groups in total. The van der Waals surface area contributed by atoms with Crippen molar-refractivity contribution < 1.29 is 41.0 Å². The van der Waals surface area contributed by atoms with E-state index in [9.17, 15) is 31.5 Å². The molecule has 0 radical (unpaired) electrons. The van der Waals surface area contributed by atoms with Crippen LogP contribution in [0.2, 0.25) is 0 Å². The monoisotopic (exact) mass is 575 g/mol. The number of amides is 2. The number of hydrogen-bond acceptors (Lipinski definition) is 6. The Balaban J connectivity index is 1.53. The summed E-state index contributed by atoms with van der Waals surface area (Å²) in [6.07, 6.45) is -0.633. The van der Waals surface area contributed by atoms with Crippen LogP contribution in [0, 0.1) is 11.8 Å². The first-order valence-electron chi connectivity index (χ1n) is 13.2. The number of imidazole rings is 1. The number of carbonyl (C=O) groups excluding carboxylic acids is 2. The Hall–Kier alpha value is -3.03. The molecule has 4 rings (SSSR count). The van der Waals surface area contributed by atoms with Gasteiger partial charge in [-0.15, -0.1) is 0 Å². The van der Waals surface area contributed by atoms with Crippen LogP contribution in [0.15, 0.2) is 18.5 Å². The Morgan fingerprint density at radius 1 is 1.07 bits per heavy atom. The topological polar surface area (TPSA) is 107 Å². The molecule has 0 saturated heterocycles. The summed E-state index contributed by atoms with van der Waals surface area (Å²) >= 11 is 0. The van der Waals surface area contributed by atoms with E-state index in [1.54, 1.807) is 33.0 Å². The number of carbonyl (C=O) groups is 2. The van der Waals surface area contributed by atoms with Gasteiger partial charge in [0.05, 0.1) is 30.2 Å². The van der Waals surface area contributed by atoms with Crippen molar-refractivity contribution in [2.75, 3.05) is 13.2 Å². The van der Waals surface area contributed by atoms with Gasteiger partial charge in [0.15, 0.2) is 5.65 Å². The summed E-state index contributed by atoms with van der Waals surface area (Å²) in [7, 11) is 0. The number of alkyl halides is 5. The maximum Gasteiger partial charge on any atom is 0.411 e. The molecule has 0 aromatic carbocycles. The average Bonchev–Trinajstić information content (AvgIpc) is 3.57. The lowest BCUT2D eigenvalue weighted by Crippen LogP contribution is -2.40. The van der Waals surface area contributed by atoms with E-state index in [1.165, 1.54) is 10.7 Å². The van der Waals surface area contributed by atoms with E-state index in [4.69, 9.17) is 4.74 Å². The minimum atomic E-state index is -4.53. The fourth-order valence-corrected chi connectivity index (χ4v) is 4.87. The van der Waals surface area contributed by atoms with Crippen LogP contribution in [0.5, 0.6) is 0 Å². The van der Waals surface area contributed by atoms with Gasteiger partial charge in [-0.05, 0) is 69.9 Å². The lowest BCUT2D eigenvalue weighted by molar-refractivity contribution is -0.175. The maximum atomic E-state index is 13.9. The molecule has 2 aliphatic carbocycles. The molecule has 2 atom stereocenters. The molecule has 2 fully saturated rings. The predicted octanol–water partition coefficient (Wildman–Crippen LogP) is 5.27. The number of hydrogen-bond donors (Lipinski definition) is 2.